The van der Waals surface area contributed by atoms with Gasteiger partial charge < -0.3 is 4.90 Å². The number of hydrogen-bond acceptors (Lipinski definition) is 6. The Hall–Kier alpha value is -2.12. The lowest BCUT2D eigenvalue weighted by molar-refractivity contribution is 0.246. The SMILES string of the molecule is Fc1cnccc1CN1CCN(c2ncnc3sccc23)CC1. The predicted molar refractivity (Wildman–Crippen MR) is 89.1 cm³/mol. The number of pyridine rings is 1. The molecule has 0 bridgehead atoms. The molecule has 5 nitrogen and oxygen atoms in total. The van der Waals surface area contributed by atoms with E-state index >= 15 is 0 Å². The number of nitrogens with zero attached hydrogens (tertiary/aromatic N) is 5. The molecule has 0 spiro atoms. The van der Waals surface area contributed by atoms with Crippen LogP contribution in [0.3, 0.4) is 0 Å². The van der Waals surface area contributed by atoms with E-state index in [1.165, 1.54) is 6.20 Å². The lowest BCUT2D eigenvalue weighted by atomic mass is 10.2. The number of thiophene rings is 1. The summed E-state index contributed by atoms with van der Waals surface area (Å²) in [6.07, 6.45) is 4.55. The van der Waals surface area contributed by atoms with E-state index < -0.39 is 0 Å². The summed E-state index contributed by atoms with van der Waals surface area (Å²) in [5, 5.41) is 3.16. The summed E-state index contributed by atoms with van der Waals surface area (Å²) in [7, 11) is 0. The highest BCUT2D eigenvalue weighted by molar-refractivity contribution is 7.16. The zero-order valence-electron chi connectivity index (χ0n) is 12.5. The summed E-state index contributed by atoms with van der Waals surface area (Å²) in [6.45, 7) is 4.16. The molecule has 3 aromatic heterocycles. The zero-order valence-corrected chi connectivity index (χ0v) is 13.3. The molecular formula is C16H16FN5S. The van der Waals surface area contributed by atoms with Gasteiger partial charge in [0.15, 0.2) is 0 Å². The molecule has 0 unspecified atom stereocenters. The van der Waals surface area contributed by atoms with E-state index in [9.17, 15) is 4.39 Å². The fourth-order valence-electron chi connectivity index (χ4n) is 2.92. The first-order chi connectivity index (χ1) is 11.3. The van der Waals surface area contributed by atoms with Gasteiger partial charge in [0.25, 0.3) is 0 Å². The zero-order chi connectivity index (χ0) is 15.6. The second kappa shape index (κ2) is 6.17. The van der Waals surface area contributed by atoms with Gasteiger partial charge in [0, 0.05) is 44.5 Å². The molecule has 3 aromatic rings. The molecule has 1 saturated heterocycles. The van der Waals surface area contributed by atoms with Gasteiger partial charge in [0.05, 0.1) is 11.6 Å². The first-order valence-electron chi connectivity index (χ1n) is 7.55. The van der Waals surface area contributed by atoms with Crippen LogP contribution in [0.4, 0.5) is 10.2 Å². The first-order valence-corrected chi connectivity index (χ1v) is 8.43. The Morgan fingerprint density at radius 1 is 1.13 bits per heavy atom. The molecule has 0 amide bonds. The van der Waals surface area contributed by atoms with E-state index in [1.54, 1.807) is 29.9 Å². The van der Waals surface area contributed by atoms with Crippen LogP contribution in [0, 0.1) is 5.82 Å². The fourth-order valence-corrected chi connectivity index (χ4v) is 3.65. The van der Waals surface area contributed by atoms with Crippen molar-refractivity contribution in [2.75, 3.05) is 31.1 Å². The van der Waals surface area contributed by atoms with Gasteiger partial charge in [-0.1, -0.05) is 0 Å². The molecule has 1 aliphatic heterocycles. The third-order valence-corrected chi connectivity index (χ3v) is 4.98. The molecule has 7 heteroatoms. The minimum absolute atomic E-state index is 0.231. The van der Waals surface area contributed by atoms with Crippen LogP contribution in [0.15, 0.2) is 36.2 Å². The van der Waals surface area contributed by atoms with Crippen LogP contribution in [0.5, 0.6) is 0 Å². The fraction of sp³-hybridized carbons (Fsp3) is 0.312. The normalized spacial score (nSPS) is 16.1. The number of halogens is 1. The quantitative estimate of drug-likeness (QED) is 0.739. The van der Waals surface area contributed by atoms with Crippen LogP contribution in [-0.4, -0.2) is 46.0 Å². The van der Waals surface area contributed by atoms with Crippen LogP contribution in [0.1, 0.15) is 5.56 Å². The van der Waals surface area contributed by atoms with Crippen LogP contribution >= 0.6 is 11.3 Å². The van der Waals surface area contributed by atoms with Crippen molar-refractivity contribution in [3.05, 3.63) is 47.6 Å². The van der Waals surface area contributed by atoms with Crippen molar-refractivity contribution >= 4 is 27.4 Å². The minimum Gasteiger partial charge on any atom is -0.353 e. The van der Waals surface area contributed by atoms with Crippen LogP contribution in [0.2, 0.25) is 0 Å². The van der Waals surface area contributed by atoms with Gasteiger partial charge >= 0.3 is 0 Å². The molecule has 0 N–H and O–H groups in total. The number of piperazine rings is 1. The van der Waals surface area contributed by atoms with Crippen molar-refractivity contribution in [1.82, 2.24) is 19.9 Å². The highest BCUT2D eigenvalue weighted by Crippen LogP contribution is 2.27. The monoisotopic (exact) mass is 329 g/mol. The van der Waals surface area contributed by atoms with E-state index in [-0.39, 0.29) is 5.82 Å². The molecule has 23 heavy (non-hydrogen) atoms. The van der Waals surface area contributed by atoms with Crippen molar-refractivity contribution in [3.63, 3.8) is 0 Å². The van der Waals surface area contributed by atoms with E-state index in [4.69, 9.17) is 0 Å². The van der Waals surface area contributed by atoms with Gasteiger partial charge in [-0.3, -0.25) is 9.88 Å². The Morgan fingerprint density at radius 3 is 2.83 bits per heavy atom. The third kappa shape index (κ3) is 2.89. The summed E-state index contributed by atoms with van der Waals surface area (Å²) < 4.78 is 13.7. The maximum atomic E-state index is 13.7. The van der Waals surface area contributed by atoms with E-state index in [0.717, 1.165) is 42.2 Å². The van der Waals surface area contributed by atoms with Gasteiger partial charge in [-0.25, -0.2) is 14.4 Å². The summed E-state index contributed by atoms with van der Waals surface area (Å²) in [4.78, 5) is 18.1. The Morgan fingerprint density at radius 2 is 2.00 bits per heavy atom. The molecule has 0 radical (unpaired) electrons. The van der Waals surface area contributed by atoms with E-state index in [2.05, 4.69) is 30.8 Å². The summed E-state index contributed by atoms with van der Waals surface area (Å²) in [6, 6.07) is 3.83. The Balaban J connectivity index is 1.45. The van der Waals surface area contributed by atoms with E-state index in [1.807, 2.05) is 5.38 Å². The van der Waals surface area contributed by atoms with E-state index in [0.29, 0.717) is 12.1 Å². The van der Waals surface area contributed by atoms with Gasteiger partial charge in [-0.15, -0.1) is 11.3 Å². The van der Waals surface area contributed by atoms with Crippen LogP contribution < -0.4 is 4.90 Å². The molecule has 1 aliphatic rings. The summed E-state index contributed by atoms with van der Waals surface area (Å²) in [5.41, 5.74) is 0.704. The average molecular weight is 329 g/mol. The Bertz CT molecular complexity index is 813. The molecule has 118 valence electrons. The molecule has 1 fully saturated rings. The highest BCUT2D eigenvalue weighted by atomic mass is 32.1. The van der Waals surface area contributed by atoms with Gasteiger partial charge in [0.2, 0.25) is 0 Å². The topological polar surface area (TPSA) is 45.2 Å². The van der Waals surface area contributed by atoms with Crippen molar-refractivity contribution in [1.29, 1.82) is 0 Å². The third-order valence-electron chi connectivity index (χ3n) is 4.16. The van der Waals surface area contributed by atoms with Crippen molar-refractivity contribution in [2.45, 2.75) is 6.54 Å². The van der Waals surface area contributed by atoms with Crippen LogP contribution in [0.25, 0.3) is 10.2 Å². The van der Waals surface area contributed by atoms with Crippen molar-refractivity contribution in [3.8, 4) is 0 Å². The van der Waals surface area contributed by atoms with Crippen molar-refractivity contribution < 1.29 is 4.39 Å². The predicted octanol–water partition coefficient (Wildman–Crippen LogP) is 2.55. The smallest absolute Gasteiger partial charge is 0.145 e. The molecule has 0 aliphatic carbocycles. The second-order valence-corrected chi connectivity index (χ2v) is 6.46. The Labute approximate surface area is 137 Å². The number of hydrogen-bond donors (Lipinski definition) is 0. The standard InChI is InChI=1S/C16H16FN5S/c17-14-9-18-3-1-12(14)10-21-4-6-22(7-5-21)15-13-2-8-23-16(13)20-11-19-15/h1-3,8-9,11H,4-7,10H2. The van der Waals surface area contributed by atoms with Gasteiger partial charge in [-0.2, -0.15) is 0 Å². The summed E-state index contributed by atoms with van der Waals surface area (Å²) >= 11 is 1.63. The highest BCUT2D eigenvalue weighted by Gasteiger charge is 2.20. The molecular weight excluding hydrogens is 313 g/mol. The maximum Gasteiger partial charge on any atom is 0.145 e. The second-order valence-electron chi connectivity index (χ2n) is 5.57. The van der Waals surface area contributed by atoms with Crippen molar-refractivity contribution in [2.24, 2.45) is 0 Å². The van der Waals surface area contributed by atoms with Gasteiger partial charge in [0.1, 0.15) is 22.8 Å². The number of fused-ring (bicyclic) bond motifs is 1. The molecule has 0 aromatic carbocycles. The van der Waals surface area contributed by atoms with Crippen LogP contribution in [-0.2, 0) is 6.54 Å². The lowest BCUT2D eigenvalue weighted by Crippen LogP contribution is -2.46. The average Bonchev–Trinajstić information content (AvgIpc) is 3.06. The molecule has 4 heterocycles. The molecule has 0 saturated carbocycles. The minimum atomic E-state index is -0.231. The maximum absolute atomic E-state index is 13.7. The number of aromatic nitrogens is 3. The molecule has 0 atom stereocenters. The number of rotatable bonds is 3. The Kier molecular flexibility index (Phi) is 3.88. The molecule has 4 rings (SSSR count). The lowest BCUT2D eigenvalue weighted by Gasteiger charge is -2.35. The summed E-state index contributed by atoms with van der Waals surface area (Å²) in [5.74, 6) is 0.775. The van der Waals surface area contributed by atoms with Gasteiger partial charge in [-0.05, 0) is 17.5 Å². The first kappa shape index (κ1) is 14.5. The number of anilines is 1. The largest absolute Gasteiger partial charge is 0.353 e.